The summed E-state index contributed by atoms with van der Waals surface area (Å²) in [4.78, 5) is 12.8. The standard InChI is InChI=1S/C16H11F4N2OPS/c1-9(25-2)14-6-15(24(19)20)12(7-21)16(23)22(14)8-10-3-4-11(17)5-13(10)18/h3-6H,1,8H2,2H3. The summed E-state index contributed by atoms with van der Waals surface area (Å²) in [6.45, 7) is 3.37. The first-order chi connectivity index (χ1) is 11.8. The van der Waals surface area contributed by atoms with E-state index in [0.29, 0.717) is 11.0 Å². The molecule has 2 aromatic rings. The van der Waals surface area contributed by atoms with E-state index in [1.165, 1.54) is 6.07 Å². The summed E-state index contributed by atoms with van der Waals surface area (Å²) < 4.78 is 54.4. The Balaban J connectivity index is 2.72. The number of aromatic nitrogens is 1. The number of thioether (sulfide) groups is 1. The van der Waals surface area contributed by atoms with Gasteiger partial charge in [0.05, 0.1) is 17.5 Å². The van der Waals surface area contributed by atoms with Gasteiger partial charge in [0.15, 0.2) is 0 Å². The summed E-state index contributed by atoms with van der Waals surface area (Å²) in [5.41, 5.74) is -1.59. The van der Waals surface area contributed by atoms with Gasteiger partial charge in [-0.2, -0.15) is 13.7 Å². The fourth-order valence-electron chi connectivity index (χ4n) is 2.18. The Morgan fingerprint density at radius 2 is 2.04 bits per heavy atom. The topological polar surface area (TPSA) is 45.8 Å². The zero-order valence-corrected chi connectivity index (χ0v) is 14.6. The molecule has 0 aliphatic carbocycles. The molecular weight excluding hydrogens is 375 g/mol. The largest absolute Gasteiger partial charge is 0.302 e. The first-order valence-electron chi connectivity index (χ1n) is 6.77. The number of hydrogen-bond donors (Lipinski definition) is 0. The highest BCUT2D eigenvalue weighted by molar-refractivity contribution is 8.07. The summed E-state index contributed by atoms with van der Waals surface area (Å²) in [6.07, 6.45) is 1.64. The van der Waals surface area contributed by atoms with E-state index in [9.17, 15) is 22.0 Å². The van der Waals surface area contributed by atoms with E-state index < -0.39 is 36.6 Å². The molecule has 0 bridgehead atoms. The summed E-state index contributed by atoms with van der Waals surface area (Å²) >= 11 is 1.12. The predicted octanol–water partition coefficient (Wildman–Crippen LogP) is 4.26. The monoisotopic (exact) mass is 386 g/mol. The van der Waals surface area contributed by atoms with Crippen LogP contribution in [0.1, 0.15) is 16.8 Å². The van der Waals surface area contributed by atoms with E-state index in [1.54, 1.807) is 6.26 Å². The van der Waals surface area contributed by atoms with Gasteiger partial charge in [0, 0.05) is 16.5 Å². The molecule has 0 saturated carbocycles. The first-order valence-corrected chi connectivity index (χ1v) is 9.11. The smallest absolute Gasteiger partial charge is 0.299 e. The number of halogens is 4. The Morgan fingerprint density at radius 1 is 1.36 bits per heavy atom. The lowest BCUT2D eigenvalue weighted by atomic mass is 10.1. The van der Waals surface area contributed by atoms with E-state index in [4.69, 9.17) is 5.26 Å². The normalized spacial score (nSPS) is 10.8. The molecule has 25 heavy (non-hydrogen) atoms. The quantitative estimate of drug-likeness (QED) is 0.570. The van der Waals surface area contributed by atoms with Crippen LogP contribution in [0.3, 0.4) is 0 Å². The Hall–Kier alpha value is -2.10. The van der Waals surface area contributed by atoms with Crippen LogP contribution in [0, 0.1) is 23.0 Å². The third-order valence-electron chi connectivity index (χ3n) is 3.45. The number of rotatable bonds is 5. The second-order valence-corrected chi connectivity index (χ2v) is 6.74. The molecular formula is C16H11F4N2OPS. The Bertz CT molecular complexity index is 937. The van der Waals surface area contributed by atoms with E-state index in [0.717, 1.165) is 34.5 Å². The summed E-state index contributed by atoms with van der Waals surface area (Å²) in [5, 5.41) is 8.44. The fraction of sp³-hybridized carbons (Fsp3) is 0.125. The van der Waals surface area contributed by atoms with Crippen molar-refractivity contribution in [2.24, 2.45) is 0 Å². The molecule has 1 heterocycles. The zero-order valence-electron chi connectivity index (χ0n) is 12.9. The van der Waals surface area contributed by atoms with Crippen LogP contribution in [0.2, 0.25) is 0 Å². The van der Waals surface area contributed by atoms with Crippen LogP contribution in [0.25, 0.3) is 4.91 Å². The summed E-state index contributed by atoms with van der Waals surface area (Å²) in [5.74, 6) is -1.66. The second-order valence-electron chi connectivity index (χ2n) is 4.89. The molecule has 1 aromatic carbocycles. The number of nitrogens with zero attached hydrogens (tertiary/aromatic N) is 2. The maximum Gasteiger partial charge on any atom is 0.299 e. The lowest BCUT2D eigenvalue weighted by Crippen LogP contribution is -2.31. The molecule has 0 saturated heterocycles. The summed E-state index contributed by atoms with van der Waals surface area (Å²) in [6, 6.07) is 5.36. The van der Waals surface area contributed by atoms with Crippen molar-refractivity contribution in [3.05, 3.63) is 69.7 Å². The minimum Gasteiger partial charge on any atom is -0.302 e. The van der Waals surface area contributed by atoms with Gasteiger partial charge >= 0.3 is 0 Å². The number of nitriles is 1. The minimum absolute atomic E-state index is 0.0157. The van der Waals surface area contributed by atoms with Gasteiger partial charge in [-0.25, -0.2) is 8.78 Å². The average molecular weight is 386 g/mol. The second kappa shape index (κ2) is 7.85. The Labute approximate surface area is 146 Å². The van der Waals surface area contributed by atoms with Crippen molar-refractivity contribution in [3.8, 4) is 6.07 Å². The number of pyridine rings is 1. The maximum atomic E-state index is 13.9. The van der Waals surface area contributed by atoms with Crippen LogP contribution in [0.4, 0.5) is 17.2 Å². The third kappa shape index (κ3) is 3.94. The minimum atomic E-state index is -3.68. The molecule has 3 nitrogen and oxygen atoms in total. The van der Waals surface area contributed by atoms with Crippen molar-refractivity contribution in [2.45, 2.75) is 6.54 Å². The van der Waals surface area contributed by atoms with Crippen molar-refractivity contribution >= 4 is 30.5 Å². The Morgan fingerprint density at radius 3 is 2.56 bits per heavy atom. The molecule has 1 aromatic heterocycles. The molecule has 130 valence electrons. The predicted molar refractivity (Wildman–Crippen MR) is 92.2 cm³/mol. The molecule has 0 amide bonds. The number of hydrogen-bond acceptors (Lipinski definition) is 3. The SMILES string of the molecule is C=C(SC)c1cc(P(F)F)c(C#N)c(=O)n1Cc1ccc(F)cc1F. The van der Waals surface area contributed by atoms with Gasteiger partial charge in [-0.1, -0.05) is 12.6 Å². The zero-order chi connectivity index (χ0) is 18.7. The van der Waals surface area contributed by atoms with Crippen LogP contribution in [0.5, 0.6) is 0 Å². The highest BCUT2D eigenvalue weighted by Gasteiger charge is 2.23. The van der Waals surface area contributed by atoms with E-state index in [-0.39, 0.29) is 17.8 Å². The number of benzene rings is 1. The van der Waals surface area contributed by atoms with Crippen molar-refractivity contribution in [3.63, 3.8) is 0 Å². The van der Waals surface area contributed by atoms with Gasteiger partial charge in [0.1, 0.15) is 23.3 Å². The van der Waals surface area contributed by atoms with Crippen molar-refractivity contribution in [1.29, 1.82) is 5.26 Å². The molecule has 0 atom stereocenters. The summed E-state index contributed by atoms with van der Waals surface area (Å²) in [7, 11) is -3.68. The van der Waals surface area contributed by atoms with Gasteiger partial charge in [-0.3, -0.25) is 4.79 Å². The van der Waals surface area contributed by atoms with E-state index in [1.807, 2.05) is 0 Å². The van der Waals surface area contributed by atoms with Crippen LogP contribution in [-0.4, -0.2) is 10.8 Å². The molecule has 2 rings (SSSR count). The molecule has 9 heteroatoms. The lowest BCUT2D eigenvalue weighted by Gasteiger charge is -2.16. The van der Waals surface area contributed by atoms with Gasteiger partial charge in [-0.05, 0) is 18.4 Å². The fourth-order valence-corrected chi connectivity index (χ4v) is 3.10. The molecule has 0 aliphatic heterocycles. The van der Waals surface area contributed by atoms with Crippen LogP contribution < -0.4 is 10.9 Å². The molecule has 0 fully saturated rings. The van der Waals surface area contributed by atoms with Crippen molar-refractivity contribution in [2.75, 3.05) is 6.26 Å². The molecule has 0 aliphatic rings. The Kier molecular flexibility index (Phi) is 6.04. The maximum absolute atomic E-state index is 13.9. The third-order valence-corrected chi connectivity index (χ3v) is 4.87. The molecule has 0 spiro atoms. The lowest BCUT2D eigenvalue weighted by molar-refractivity contribution is 0.564. The highest BCUT2D eigenvalue weighted by Crippen LogP contribution is 2.39. The van der Waals surface area contributed by atoms with Crippen molar-refractivity contribution in [1.82, 2.24) is 4.57 Å². The first kappa shape index (κ1) is 19.2. The van der Waals surface area contributed by atoms with Gasteiger partial charge in [-0.15, -0.1) is 11.8 Å². The molecule has 0 N–H and O–H groups in total. The van der Waals surface area contributed by atoms with Crippen molar-refractivity contribution < 1.29 is 17.2 Å². The highest BCUT2D eigenvalue weighted by atomic mass is 32.2. The molecule has 0 unspecified atom stereocenters. The van der Waals surface area contributed by atoms with Gasteiger partial charge < -0.3 is 4.57 Å². The van der Waals surface area contributed by atoms with Crippen LogP contribution in [-0.2, 0) is 6.54 Å². The van der Waals surface area contributed by atoms with E-state index >= 15 is 0 Å². The van der Waals surface area contributed by atoms with Crippen LogP contribution >= 0.6 is 20.3 Å². The van der Waals surface area contributed by atoms with Crippen LogP contribution in [0.15, 0.2) is 35.6 Å². The molecule has 0 radical (unpaired) electrons. The van der Waals surface area contributed by atoms with Gasteiger partial charge in [0.25, 0.3) is 14.1 Å². The van der Waals surface area contributed by atoms with Gasteiger partial charge in [0.2, 0.25) is 0 Å². The van der Waals surface area contributed by atoms with E-state index in [2.05, 4.69) is 6.58 Å². The average Bonchev–Trinajstić information content (AvgIpc) is 2.57.